The van der Waals surface area contributed by atoms with Gasteiger partial charge >= 0.3 is 6.09 Å². The van der Waals surface area contributed by atoms with Gasteiger partial charge in [0.05, 0.1) is 6.20 Å². The second-order valence-electron chi connectivity index (χ2n) is 2.95. The zero-order chi connectivity index (χ0) is 11.4. The standard InChI is InChI=1S/C8H10IN3O3/c1-11(2)8(14)15-5-12-7(13)3-6(9)4-10-12/h3-4H,5H2,1-2H3. The normalized spacial score (nSPS) is 9.80. The predicted octanol–water partition coefficient (Wildman–Crippen LogP) is 0.504. The van der Waals surface area contributed by atoms with Crippen LogP contribution >= 0.6 is 22.6 Å². The number of halogens is 1. The van der Waals surface area contributed by atoms with Crippen LogP contribution in [0.3, 0.4) is 0 Å². The van der Waals surface area contributed by atoms with Crippen LogP contribution in [-0.2, 0) is 11.5 Å². The third kappa shape index (κ3) is 3.50. The lowest BCUT2D eigenvalue weighted by Crippen LogP contribution is -2.28. The van der Waals surface area contributed by atoms with Crippen LogP contribution in [0.5, 0.6) is 0 Å². The molecule has 0 spiro atoms. The molecule has 0 unspecified atom stereocenters. The Balaban J connectivity index is 2.66. The third-order valence-corrected chi connectivity index (χ3v) is 2.10. The maximum atomic E-state index is 11.3. The molecule has 1 aromatic rings. The van der Waals surface area contributed by atoms with Crippen LogP contribution in [0.15, 0.2) is 17.1 Å². The molecular formula is C8H10IN3O3. The van der Waals surface area contributed by atoms with Crippen molar-refractivity contribution in [2.45, 2.75) is 6.73 Å². The molecule has 0 aliphatic rings. The molecule has 1 heterocycles. The fourth-order valence-electron chi connectivity index (χ4n) is 0.754. The topological polar surface area (TPSA) is 64.4 Å². The van der Waals surface area contributed by atoms with Gasteiger partial charge in [-0.25, -0.2) is 4.79 Å². The van der Waals surface area contributed by atoms with Gasteiger partial charge in [-0.2, -0.15) is 9.78 Å². The van der Waals surface area contributed by atoms with Gasteiger partial charge in [0, 0.05) is 23.7 Å². The van der Waals surface area contributed by atoms with E-state index in [1.54, 1.807) is 14.1 Å². The maximum absolute atomic E-state index is 11.3. The Morgan fingerprint density at radius 1 is 1.67 bits per heavy atom. The van der Waals surface area contributed by atoms with E-state index in [-0.39, 0.29) is 12.3 Å². The molecule has 1 aromatic heterocycles. The Bertz CT molecular complexity index is 416. The van der Waals surface area contributed by atoms with Crippen molar-refractivity contribution >= 4 is 28.7 Å². The van der Waals surface area contributed by atoms with Crippen LogP contribution < -0.4 is 5.56 Å². The van der Waals surface area contributed by atoms with Crippen LogP contribution in [0.25, 0.3) is 0 Å². The van der Waals surface area contributed by atoms with Crippen LogP contribution in [0.2, 0.25) is 0 Å². The van der Waals surface area contributed by atoms with E-state index in [1.165, 1.54) is 17.2 Å². The van der Waals surface area contributed by atoms with Crippen molar-refractivity contribution in [3.8, 4) is 0 Å². The maximum Gasteiger partial charge on any atom is 0.411 e. The second kappa shape index (κ2) is 5.10. The molecule has 15 heavy (non-hydrogen) atoms. The Morgan fingerprint density at radius 2 is 2.33 bits per heavy atom. The number of amides is 1. The summed E-state index contributed by atoms with van der Waals surface area (Å²) in [6.45, 7) is -0.174. The lowest BCUT2D eigenvalue weighted by molar-refractivity contribution is 0.0817. The van der Waals surface area contributed by atoms with Crippen LogP contribution in [0.1, 0.15) is 0 Å². The molecule has 0 radical (unpaired) electrons. The van der Waals surface area contributed by atoms with Crippen molar-refractivity contribution in [1.29, 1.82) is 0 Å². The van der Waals surface area contributed by atoms with E-state index in [0.29, 0.717) is 0 Å². The van der Waals surface area contributed by atoms with Crippen molar-refractivity contribution < 1.29 is 9.53 Å². The highest BCUT2D eigenvalue weighted by Gasteiger charge is 2.05. The Morgan fingerprint density at radius 3 is 2.87 bits per heavy atom. The van der Waals surface area contributed by atoms with E-state index in [4.69, 9.17) is 4.74 Å². The van der Waals surface area contributed by atoms with Crippen molar-refractivity contribution in [3.63, 3.8) is 0 Å². The van der Waals surface area contributed by atoms with E-state index in [0.717, 1.165) is 8.25 Å². The monoisotopic (exact) mass is 323 g/mol. The van der Waals surface area contributed by atoms with Gasteiger partial charge in [0.25, 0.3) is 5.56 Å². The van der Waals surface area contributed by atoms with Crippen molar-refractivity contribution in [1.82, 2.24) is 14.7 Å². The third-order valence-electron chi connectivity index (χ3n) is 1.51. The number of rotatable bonds is 2. The van der Waals surface area contributed by atoms with Crippen LogP contribution in [0.4, 0.5) is 4.79 Å². The van der Waals surface area contributed by atoms with E-state index in [2.05, 4.69) is 5.10 Å². The number of nitrogens with zero attached hydrogens (tertiary/aromatic N) is 3. The lowest BCUT2D eigenvalue weighted by Gasteiger charge is -2.11. The number of hydrogen-bond acceptors (Lipinski definition) is 4. The number of hydrogen-bond donors (Lipinski definition) is 0. The summed E-state index contributed by atoms with van der Waals surface area (Å²) in [5.41, 5.74) is -0.298. The minimum Gasteiger partial charge on any atom is -0.426 e. The quantitative estimate of drug-likeness (QED) is 0.744. The summed E-state index contributed by atoms with van der Waals surface area (Å²) in [6, 6.07) is 1.41. The Hall–Kier alpha value is -1.12. The van der Waals surface area contributed by atoms with Gasteiger partial charge in [-0.15, -0.1) is 0 Å². The highest BCUT2D eigenvalue weighted by atomic mass is 127. The minimum absolute atomic E-state index is 0.174. The zero-order valence-electron chi connectivity index (χ0n) is 8.31. The second-order valence-corrected chi connectivity index (χ2v) is 4.19. The summed E-state index contributed by atoms with van der Waals surface area (Å²) < 4.78 is 6.61. The molecular weight excluding hydrogens is 313 g/mol. The molecule has 0 aromatic carbocycles. The minimum atomic E-state index is -0.512. The van der Waals surface area contributed by atoms with Gasteiger partial charge in [0.15, 0.2) is 6.73 Å². The molecule has 82 valence electrons. The molecule has 0 aliphatic heterocycles. The van der Waals surface area contributed by atoms with Gasteiger partial charge in [-0.05, 0) is 22.6 Å². The fraction of sp³-hybridized carbons (Fsp3) is 0.375. The molecule has 1 amide bonds. The molecule has 0 bridgehead atoms. The van der Waals surface area contributed by atoms with Crippen LogP contribution in [0, 0.1) is 3.57 Å². The molecule has 0 atom stereocenters. The van der Waals surface area contributed by atoms with Crippen molar-refractivity contribution in [2.24, 2.45) is 0 Å². The lowest BCUT2D eigenvalue weighted by atomic mass is 10.6. The van der Waals surface area contributed by atoms with E-state index >= 15 is 0 Å². The van der Waals surface area contributed by atoms with Gasteiger partial charge in [-0.1, -0.05) is 0 Å². The summed E-state index contributed by atoms with van der Waals surface area (Å²) in [6.07, 6.45) is 1.01. The molecule has 1 rings (SSSR count). The molecule has 7 heteroatoms. The Labute approximate surface area is 100.0 Å². The number of aromatic nitrogens is 2. The molecule has 0 fully saturated rings. The molecule has 0 N–H and O–H groups in total. The van der Waals surface area contributed by atoms with E-state index < -0.39 is 6.09 Å². The first kappa shape index (κ1) is 12.0. The first-order chi connectivity index (χ1) is 7.00. The highest BCUT2D eigenvalue weighted by Crippen LogP contribution is 1.96. The summed E-state index contributed by atoms with van der Waals surface area (Å²) >= 11 is 1.98. The van der Waals surface area contributed by atoms with Gasteiger partial charge in [0.1, 0.15) is 0 Å². The molecule has 0 saturated heterocycles. The average Bonchev–Trinajstić information content (AvgIpc) is 2.15. The van der Waals surface area contributed by atoms with Gasteiger partial charge < -0.3 is 9.64 Å². The summed E-state index contributed by atoms with van der Waals surface area (Å²) in [5.74, 6) is 0. The summed E-state index contributed by atoms with van der Waals surface area (Å²) in [4.78, 5) is 23.6. The van der Waals surface area contributed by atoms with Crippen LogP contribution in [-0.4, -0.2) is 34.9 Å². The average molecular weight is 323 g/mol. The van der Waals surface area contributed by atoms with Crippen molar-refractivity contribution in [2.75, 3.05) is 14.1 Å². The summed E-state index contributed by atoms with van der Waals surface area (Å²) in [7, 11) is 3.12. The van der Waals surface area contributed by atoms with Gasteiger partial charge in [0.2, 0.25) is 0 Å². The molecule has 0 saturated carbocycles. The van der Waals surface area contributed by atoms with E-state index in [9.17, 15) is 9.59 Å². The fourth-order valence-corrected chi connectivity index (χ4v) is 1.14. The van der Waals surface area contributed by atoms with Gasteiger partial charge in [-0.3, -0.25) is 4.79 Å². The molecule has 0 aliphatic carbocycles. The smallest absolute Gasteiger partial charge is 0.411 e. The highest BCUT2D eigenvalue weighted by molar-refractivity contribution is 14.1. The SMILES string of the molecule is CN(C)C(=O)OCn1ncc(I)cc1=O. The largest absolute Gasteiger partial charge is 0.426 e. The number of carbonyl (C=O) groups excluding carboxylic acids is 1. The predicted molar refractivity (Wildman–Crippen MR) is 61.4 cm³/mol. The Kier molecular flexibility index (Phi) is 4.06. The number of carbonyl (C=O) groups is 1. The first-order valence-corrected chi connectivity index (χ1v) is 5.15. The van der Waals surface area contributed by atoms with E-state index in [1.807, 2.05) is 22.6 Å². The van der Waals surface area contributed by atoms with Crippen molar-refractivity contribution in [3.05, 3.63) is 26.2 Å². The number of ether oxygens (including phenoxy) is 1. The first-order valence-electron chi connectivity index (χ1n) is 4.07. The summed E-state index contributed by atoms with van der Waals surface area (Å²) in [5, 5.41) is 3.81. The zero-order valence-corrected chi connectivity index (χ0v) is 10.5. The molecule has 6 nitrogen and oxygen atoms in total.